The summed E-state index contributed by atoms with van der Waals surface area (Å²) >= 11 is 6.13. The number of nitrogens with one attached hydrogen (secondary N) is 2. The normalized spacial score (nSPS) is 17.4. The van der Waals surface area contributed by atoms with E-state index in [1.165, 1.54) is 12.8 Å². The number of halogens is 1. The molecule has 4 heteroatoms. The van der Waals surface area contributed by atoms with Crippen LogP contribution < -0.4 is 5.32 Å². The first-order chi connectivity index (χ1) is 8.74. The fourth-order valence-electron chi connectivity index (χ4n) is 2.69. The number of aryl methyl sites for hydroxylation is 1. The van der Waals surface area contributed by atoms with Crippen LogP contribution in [0, 0.1) is 12.8 Å². The minimum atomic E-state index is 0.752. The van der Waals surface area contributed by atoms with Crippen molar-refractivity contribution < 1.29 is 0 Å². The first-order valence-electron chi connectivity index (χ1n) is 6.58. The fraction of sp³-hybridized carbons (Fsp3) is 0.500. The van der Waals surface area contributed by atoms with Crippen molar-refractivity contribution in [2.75, 3.05) is 13.1 Å². The summed E-state index contributed by atoms with van der Waals surface area (Å²) in [5, 5.41) is 4.19. The van der Waals surface area contributed by atoms with E-state index in [0.717, 1.165) is 52.9 Å². The Bertz CT molecular complexity index is 555. The molecule has 3 rings (SSSR count). The molecule has 0 radical (unpaired) electrons. The monoisotopic (exact) mass is 263 g/mol. The van der Waals surface area contributed by atoms with Crippen LogP contribution >= 0.6 is 11.6 Å². The zero-order valence-electron chi connectivity index (χ0n) is 10.6. The summed E-state index contributed by atoms with van der Waals surface area (Å²) in [6, 6.07) is 3.95. The number of fused-ring (bicyclic) bond motifs is 1. The van der Waals surface area contributed by atoms with Crippen molar-refractivity contribution in [3.05, 3.63) is 28.5 Å². The summed E-state index contributed by atoms with van der Waals surface area (Å²) in [6.45, 7) is 4.30. The molecule has 96 valence electrons. The number of aromatic nitrogens is 2. The van der Waals surface area contributed by atoms with E-state index < -0.39 is 0 Å². The van der Waals surface area contributed by atoms with E-state index in [4.69, 9.17) is 16.6 Å². The lowest BCUT2D eigenvalue weighted by atomic mass is 9.94. The molecule has 0 amide bonds. The third-order valence-electron chi connectivity index (χ3n) is 3.83. The molecule has 0 atom stereocenters. The molecule has 2 N–H and O–H groups in total. The number of hydrogen-bond donors (Lipinski definition) is 2. The number of H-pyrrole nitrogens is 1. The van der Waals surface area contributed by atoms with Gasteiger partial charge in [0.05, 0.1) is 11.0 Å². The maximum atomic E-state index is 6.13. The number of rotatable bonds is 2. The van der Waals surface area contributed by atoms with Crippen molar-refractivity contribution in [2.24, 2.45) is 5.92 Å². The van der Waals surface area contributed by atoms with Gasteiger partial charge in [-0.2, -0.15) is 0 Å². The summed E-state index contributed by atoms with van der Waals surface area (Å²) < 4.78 is 0. The summed E-state index contributed by atoms with van der Waals surface area (Å²) in [6.07, 6.45) is 3.54. The van der Waals surface area contributed by atoms with Gasteiger partial charge >= 0.3 is 0 Å². The number of hydrogen-bond acceptors (Lipinski definition) is 2. The Hall–Kier alpha value is -1.06. The molecule has 0 spiro atoms. The molecule has 1 aromatic carbocycles. The van der Waals surface area contributed by atoms with Gasteiger partial charge in [0.25, 0.3) is 0 Å². The maximum Gasteiger partial charge on any atom is 0.107 e. The molecule has 1 aliphatic rings. The van der Waals surface area contributed by atoms with Crippen LogP contribution in [0.25, 0.3) is 11.0 Å². The lowest BCUT2D eigenvalue weighted by Gasteiger charge is -2.21. The maximum absolute atomic E-state index is 6.13. The number of nitrogens with zero attached hydrogens (tertiary/aromatic N) is 1. The van der Waals surface area contributed by atoms with Crippen LogP contribution in [-0.2, 0) is 6.42 Å². The van der Waals surface area contributed by atoms with Crippen molar-refractivity contribution in [1.29, 1.82) is 0 Å². The smallest absolute Gasteiger partial charge is 0.107 e. The third kappa shape index (κ3) is 2.25. The van der Waals surface area contributed by atoms with Gasteiger partial charge in [-0.3, -0.25) is 0 Å². The topological polar surface area (TPSA) is 40.7 Å². The van der Waals surface area contributed by atoms with Crippen LogP contribution in [0.1, 0.15) is 24.2 Å². The first-order valence-corrected chi connectivity index (χ1v) is 6.96. The number of imidazole rings is 1. The molecular formula is C14H18ClN3. The molecule has 1 saturated heterocycles. The highest BCUT2D eigenvalue weighted by Crippen LogP contribution is 2.25. The lowest BCUT2D eigenvalue weighted by molar-refractivity contribution is 0.368. The summed E-state index contributed by atoms with van der Waals surface area (Å²) in [4.78, 5) is 8.13. The second-order valence-electron chi connectivity index (χ2n) is 5.15. The van der Waals surface area contributed by atoms with Gasteiger partial charge in [0.1, 0.15) is 5.82 Å². The van der Waals surface area contributed by atoms with Gasteiger partial charge in [-0.1, -0.05) is 11.6 Å². The Labute approximate surface area is 112 Å². The van der Waals surface area contributed by atoms with E-state index in [1.807, 2.05) is 19.1 Å². The number of piperidine rings is 1. The number of aromatic amines is 1. The van der Waals surface area contributed by atoms with E-state index in [0.29, 0.717) is 0 Å². The molecule has 0 bridgehead atoms. The Kier molecular flexibility index (Phi) is 3.27. The van der Waals surface area contributed by atoms with E-state index in [1.54, 1.807) is 0 Å². The largest absolute Gasteiger partial charge is 0.342 e. The zero-order chi connectivity index (χ0) is 12.5. The summed E-state index contributed by atoms with van der Waals surface area (Å²) in [7, 11) is 0. The molecule has 18 heavy (non-hydrogen) atoms. The second-order valence-corrected chi connectivity index (χ2v) is 5.56. The molecule has 1 fully saturated rings. The van der Waals surface area contributed by atoms with Gasteiger partial charge < -0.3 is 10.3 Å². The van der Waals surface area contributed by atoms with Gasteiger partial charge in [0, 0.05) is 11.4 Å². The minimum Gasteiger partial charge on any atom is -0.342 e. The van der Waals surface area contributed by atoms with Crippen molar-refractivity contribution in [1.82, 2.24) is 15.3 Å². The van der Waals surface area contributed by atoms with E-state index in [-0.39, 0.29) is 0 Å². The predicted octanol–water partition coefficient (Wildman–Crippen LogP) is 3.07. The van der Waals surface area contributed by atoms with E-state index in [2.05, 4.69) is 10.3 Å². The van der Waals surface area contributed by atoms with Gasteiger partial charge in [0.15, 0.2) is 0 Å². The SMILES string of the molecule is Cc1c(Cl)ccc2[nH]c(CC3CCNCC3)nc12. The predicted molar refractivity (Wildman–Crippen MR) is 75.1 cm³/mol. The molecular weight excluding hydrogens is 246 g/mol. The minimum absolute atomic E-state index is 0.752. The van der Waals surface area contributed by atoms with E-state index >= 15 is 0 Å². The molecule has 3 nitrogen and oxygen atoms in total. The van der Waals surface area contributed by atoms with Crippen LogP contribution in [-0.4, -0.2) is 23.1 Å². The van der Waals surface area contributed by atoms with Crippen LogP contribution in [0.15, 0.2) is 12.1 Å². The Morgan fingerprint density at radius 3 is 2.89 bits per heavy atom. The van der Waals surface area contributed by atoms with Crippen molar-refractivity contribution in [3.8, 4) is 0 Å². The zero-order valence-corrected chi connectivity index (χ0v) is 11.3. The van der Waals surface area contributed by atoms with Crippen molar-refractivity contribution >= 4 is 22.6 Å². The average molecular weight is 264 g/mol. The van der Waals surface area contributed by atoms with E-state index in [9.17, 15) is 0 Å². The highest BCUT2D eigenvalue weighted by molar-refractivity contribution is 6.32. The van der Waals surface area contributed by atoms with Gasteiger partial charge in [-0.15, -0.1) is 0 Å². The van der Waals surface area contributed by atoms with Crippen molar-refractivity contribution in [3.63, 3.8) is 0 Å². The third-order valence-corrected chi connectivity index (χ3v) is 4.24. The highest BCUT2D eigenvalue weighted by atomic mass is 35.5. The average Bonchev–Trinajstić information content (AvgIpc) is 2.79. The van der Waals surface area contributed by atoms with Crippen LogP contribution in [0.5, 0.6) is 0 Å². The molecule has 1 aliphatic heterocycles. The highest BCUT2D eigenvalue weighted by Gasteiger charge is 2.16. The van der Waals surface area contributed by atoms with Crippen molar-refractivity contribution in [2.45, 2.75) is 26.2 Å². The Morgan fingerprint density at radius 2 is 2.11 bits per heavy atom. The van der Waals surface area contributed by atoms with Crippen LogP contribution in [0.2, 0.25) is 5.02 Å². The molecule has 2 heterocycles. The quantitative estimate of drug-likeness (QED) is 0.874. The summed E-state index contributed by atoms with van der Waals surface area (Å²) in [5.74, 6) is 1.85. The Morgan fingerprint density at radius 1 is 1.33 bits per heavy atom. The first kappa shape index (κ1) is 12.0. The molecule has 0 saturated carbocycles. The summed E-state index contributed by atoms with van der Waals surface area (Å²) in [5.41, 5.74) is 3.19. The molecule has 1 aromatic heterocycles. The second kappa shape index (κ2) is 4.90. The van der Waals surface area contributed by atoms with Gasteiger partial charge in [-0.05, 0) is 56.5 Å². The molecule has 0 aliphatic carbocycles. The number of benzene rings is 1. The fourth-order valence-corrected chi connectivity index (χ4v) is 2.85. The van der Waals surface area contributed by atoms with Crippen LogP contribution in [0.4, 0.5) is 0 Å². The lowest BCUT2D eigenvalue weighted by Crippen LogP contribution is -2.28. The molecule has 2 aromatic rings. The standard InChI is InChI=1S/C14H18ClN3/c1-9-11(15)2-3-12-14(9)18-13(17-12)8-10-4-6-16-7-5-10/h2-3,10,16H,4-8H2,1H3,(H,17,18). The van der Waals surface area contributed by atoms with Gasteiger partial charge in [-0.25, -0.2) is 4.98 Å². The molecule has 0 unspecified atom stereocenters. The Balaban J connectivity index is 1.86. The van der Waals surface area contributed by atoms with Gasteiger partial charge in [0.2, 0.25) is 0 Å². The van der Waals surface area contributed by atoms with Crippen LogP contribution in [0.3, 0.4) is 0 Å².